The summed E-state index contributed by atoms with van der Waals surface area (Å²) in [5, 5.41) is 0. The van der Waals surface area contributed by atoms with E-state index in [0.29, 0.717) is 39.3 Å². The lowest BCUT2D eigenvalue weighted by molar-refractivity contribution is -0.144. The Balaban J connectivity index is 4.57. The number of carbonyl (C=O) groups excluding carboxylic acids is 4. The molecule has 0 unspecified atom stereocenters. The monoisotopic (exact) mass is 404 g/mol. The Hall–Kier alpha value is -2.20. The lowest BCUT2D eigenvalue weighted by Gasteiger charge is -2.27. The molecule has 162 valence electrons. The van der Waals surface area contributed by atoms with Crippen molar-refractivity contribution in [1.29, 1.82) is 0 Å². The van der Waals surface area contributed by atoms with E-state index in [2.05, 4.69) is 0 Å². The molecule has 0 radical (unpaired) electrons. The highest BCUT2D eigenvalue weighted by molar-refractivity contribution is 5.66. The van der Waals surface area contributed by atoms with Gasteiger partial charge in [0.25, 0.3) is 0 Å². The average molecular weight is 404 g/mol. The zero-order valence-electron chi connectivity index (χ0n) is 17.2. The van der Waals surface area contributed by atoms with E-state index in [0.717, 1.165) is 0 Å². The Kier molecular flexibility index (Phi) is 14.6. The first-order valence-corrected chi connectivity index (χ1v) is 9.19. The van der Waals surface area contributed by atoms with Gasteiger partial charge in [-0.2, -0.15) is 0 Å². The fourth-order valence-corrected chi connectivity index (χ4v) is 2.23. The van der Waals surface area contributed by atoms with E-state index in [9.17, 15) is 19.2 Å². The summed E-state index contributed by atoms with van der Waals surface area (Å²) in [6.07, 6.45) is 0. The van der Waals surface area contributed by atoms with Gasteiger partial charge < -0.3 is 18.9 Å². The second-order valence-electron chi connectivity index (χ2n) is 6.04. The smallest absolute Gasteiger partial charge is 0.302 e. The Morgan fingerprint density at radius 3 is 0.857 bits per heavy atom. The van der Waals surface area contributed by atoms with Gasteiger partial charge in [0.05, 0.1) is 0 Å². The molecule has 0 aliphatic heterocycles. The number of hydrogen-bond donors (Lipinski definition) is 0. The predicted octanol–water partition coefficient (Wildman–Crippen LogP) is -0.157. The topological polar surface area (TPSA) is 112 Å². The molecule has 28 heavy (non-hydrogen) atoms. The van der Waals surface area contributed by atoms with E-state index < -0.39 is 0 Å². The summed E-state index contributed by atoms with van der Waals surface area (Å²) in [4.78, 5) is 47.8. The highest BCUT2D eigenvalue weighted by Crippen LogP contribution is 1.96. The summed E-state index contributed by atoms with van der Waals surface area (Å²) >= 11 is 0. The van der Waals surface area contributed by atoms with E-state index in [1.165, 1.54) is 27.7 Å². The maximum atomic E-state index is 10.9. The second kappa shape index (κ2) is 15.8. The third-order valence-electron chi connectivity index (χ3n) is 3.58. The molecule has 0 spiro atoms. The molecule has 0 aliphatic rings. The number of esters is 4. The standard InChI is InChI=1S/C18H32N2O8/c1-15(21)25-11-7-19(8-12-26-16(2)22)5-6-20(9-13-27-17(3)23)10-14-28-18(4)24/h5-14H2,1-4H3. The SMILES string of the molecule is CC(=O)OCCN(CCOC(C)=O)CCN(CCOC(C)=O)CCOC(C)=O. The number of hydrogen-bond acceptors (Lipinski definition) is 10. The minimum Gasteiger partial charge on any atom is -0.465 e. The van der Waals surface area contributed by atoms with E-state index in [4.69, 9.17) is 18.9 Å². The molecule has 0 bridgehead atoms. The minimum absolute atomic E-state index is 0.232. The van der Waals surface area contributed by atoms with Gasteiger partial charge in [0.1, 0.15) is 26.4 Å². The molecule has 10 nitrogen and oxygen atoms in total. The van der Waals surface area contributed by atoms with Crippen molar-refractivity contribution in [3.8, 4) is 0 Å². The largest absolute Gasteiger partial charge is 0.465 e. The molecule has 0 atom stereocenters. The normalized spacial score (nSPS) is 10.6. The van der Waals surface area contributed by atoms with Gasteiger partial charge in [-0.05, 0) is 0 Å². The summed E-state index contributed by atoms with van der Waals surface area (Å²) in [5.74, 6) is -1.43. The van der Waals surface area contributed by atoms with Crippen molar-refractivity contribution < 1.29 is 38.1 Å². The average Bonchev–Trinajstić information content (AvgIpc) is 2.57. The van der Waals surface area contributed by atoms with Gasteiger partial charge in [-0.15, -0.1) is 0 Å². The molecule has 0 rings (SSSR count). The van der Waals surface area contributed by atoms with Gasteiger partial charge in [-0.1, -0.05) is 0 Å². The number of nitrogens with zero attached hydrogens (tertiary/aromatic N) is 2. The molecule has 0 saturated heterocycles. The molecule has 0 heterocycles. The Bertz CT molecular complexity index is 414. The van der Waals surface area contributed by atoms with Crippen molar-refractivity contribution in [3.63, 3.8) is 0 Å². The van der Waals surface area contributed by atoms with E-state index in [1.807, 2.05) is 9.80 Å². The van der Waals surface area contributed by atoms with Crippen molar-refractivity contribution in [2.24, 2.45) is 0 Å². The molecule has 0 N–H and O–H groups in total. The molecule has 0 fully saturated rings. The molecule has 0 aromatic rings. The lowest BCUT2D eigenvalue weighted by atomic mass is 10.4. The zero-order valence-corrected chi connectivity index (χ0v) is 17.2. The van der Waals surface area contributed by atoms with Crippen molar-refractivity contribution in [2.75, 3.05) is 65.7 Å². The Morgan fingerprint density at radius 1 is 0.464 bits per heavy atom. The quantitative estimate of drug-likeness (QED) is 0.270. The van der Waals surface area contributed by atoms with Crippen molar-refractivity contribution in [1.82, 2.24) is 9.80 Å². The van der Waals surface area contributed by atoms with E-state index in [-0.39, 0.29) is 50.3 Å². The molecule has 0 aromatic heterocycles. The summed E-state index contributed by atoms with van der Waals surface area (Å²) in [6.45, 7) is 9.45. The predicted molar refractivity (Wildman–Crippen MR) is 99.4 cm³/mol. The summed E-state index contributed by atoms with van der Waals surface area (Å²) < 4.78 is 19.9. The van der Waals surface area contributed by atoms with Crippen molar-refractivity contribution in [2.45, 2.75) is 27.7 Å². The van der Waals surface area contributed by atoms with Crippen molar-refractivity contribution >= 4 is 23.9 Å². The molecule has 10 heteroatoms. The van der Waals surface area contributed by atoms with Crippen LogP contribution in [0.2, 0.25) is 0 Å². The maximum Gasteiger partial charge on any atom is 0.302 e. The first-order chi connectivity index (χ1) is 13.2. The van der Waals surface area contributed by atoms with Gasteiger partial charge >= 0.3 is 23.9 Å². The van der Waals surface area contributed by atoms with Gasteiger partial charge in [-0.25, -0.2) is 0 Å². The van der Waals surface area contributed by atoms with Gasteiger partial charge in [0.2, 0.25) is 0 Å². The van der Waals surface area contributed by atoms with Crippen LogP contribution in [0.5, 0.6) is 0 Å². The third-order valence-corrected chi connectivity index (χ3v) is 3.58. The zero-order chi connectivity index (χ0) is 21.4. The molecular weight excluding hydrogens is 372 g/mol. The molecule has 0 aromatic carbocycles. The van der Waals surface area contributed by atoms with Gasteiger partial charge in [0.15, 0.2) is 0 Å². The molecule has 0 saturated carbocycles. The van der Waals surface area contributed by atoms with Crippen LogP contribution in [0.1, 0.15) is 27.7 Å². The van der Waals surface area contributed by atoms with Crippen LogP contribution < -0.4 is 0 Å². The van der Waals surface area contributed by atoms with Crippen LogP contribution in [0, 0.1) is 0 Å². The Morgan fingerprint density at radius 2 is 0.679 bits per heavy atom. The molecule has 0 aliphatic carbocycles. The van der Waals surface area contributed by atoms with Crippen molar-refractivity contribution in [3.05, 3.63) is 0 Å². The number of ether oxygens (including phenoxy) is 4. The van der Waals surface area contributed by atoms with Crippen LogP contribution in [0.3, 0.4) is 0 Å². The number of rotatable bonds is 15. The highest BCUT2D eigenvalue weighted by Gasteiger charge is 2.12. The van der Waals surface area contributed by atoms with Gasteiger partial charge in [-0.3, -0.25) is 29.0 Å². The third kappa shape index (κ3) is 17.2. The maximum absolute atomic E-state index is 10.9. The molecule has 0 amide bonds. The van der Waals surface area contributed by atoms with E-state index >= 15 is 0 Å². The highest BCUT2D eigenvalue weighted by atomic mass is 16.5. The summed E-state index contributed by atoms with van der Waals surface area (Å²) in [6, 6.07) is 0. The first-order valence-electron chi connectivity index (χ1n) is 9.19. The van der Waals surface area contributed by atoms with Crippen LogP contribution in [-0.2, 0) is 38.1 Å². The number of carbonyl (C=O) groups is 4. The lowest BCUT2D eigenvalue weighted by Crippen LogP contribution is -2.41. The fraction of sp³-hybridized carbons (Fsp3) is 0.778. The van der Waals surface area contributed by atoms with Crippen LogP contribution >= 0.6 is 0 Å². The summed E-state index contributed by atoms with van der Waals surface area (Å²) in [5.41, 5.74) is 0. The minimum atomic E-state index is -0.357. The summed E-state index contributed by atoms with van der Waals surface area (Å²) in [7, 11) is 0. The first kappa shape index (κ1) is 25.8. The van der Waals surface area contributed by atoms with E-state index in [1.54, 1.807) is 0 Å². The van der Waals surface area contributed by atoms with Crippen LogP contribution in [-0.4, -0.2) is 99.4 Å². The molecular formula is C18H32N2O8. The Labute approximate surface area is 166 Å². The van der Waals surface area contributed by atoms with Crippen LogP contribution in [0.15, 0.2) is 0 Å². The fourth-order valence-electron chi connectivity index (χ4n) is 2.23. The second-order valence-corrected chi connectivity index (χ2v) is 6.04. The van der Waals surface area contributed by atoms with Crippen LogP contribution in [0.25, 0.3) is 0 Å². The van der Waals surface area contributed by atoms with Gasteiger partial charge in [0, 0.05) is 67.0 Å². The van der Waals surface area contributed by atoms with Crippen LogP contribution in [0.4, 0.5) is 0 Å².